The average molecular weight is 470 g/mol. The van der Waals surface area contributed by atoms with Crippen LogP contribution in [0.25, 0.3) is 0 Å². The maximum absolute atomic E-state index is 10.0. The zero-order valence-electron chi connectivity index (χ0n) is 17.9. The first kappa shape index (κ1) is 22.2. The summed E-state index contributed by atoms with van der Waals surface area (Å²) in [6.45, 7) is 6.13. The molecule has 0 atom stereocenters. The first-order valence-electron chi connectivity index (χ1n) is 10.0. The Kier molecular flexibility index (Phi) is 6.68. The normalized spacial score (nSPS) is 11.5. The van der Waals surface area contributed by atoms with Crippen LogP contribution in [-0.4, -0.2) is 39.8 Å². The summed E-state index contributed by atoms with van der Waals surface area (Å²) in [6.07, 6.45) is 5.56. The summed E-state index contributed by atoms with van der Waals surface area (Å²) in [5.41, 5.74) is -0.881. The molecule has 0 saturated carbocycles. The molecule has 0 aliphatic heterocycles. The van der Waals surface area contributed by atoms with Gasteiger partial charge in [0, 0.05) is 53.9 Å². The van der Waals surface area contributed by atoms with Crippen LogP contribution in [0, 0.1) is 0 Å². The topological polar surface area (TPSA) is 111 Å². The number of anilines is 2. The summed E-state index contributed by atoms with van der Waals surface area (Å²) >= 11 is 2.70. The molecule has 4 aromatic heterocycles. The van der Waals surface area contributed by atoms with Gasteiger partial charge in [-0.1, -0.05) is 17.8 Å². The molecule has 0 amide bonds. The Bertz CT molecular complexity index is 1170. The average Bonchev–Trinajstić information content (AvgIpc) is 3.38. The highest BCUT2D eigenvalue weighted by Crippen LogP contribution is 2.35. The molecular formula is C21H23N7O2S2. The van der Waals surface area contributed by atoms with E-state index in [1.807, 2.05) is 31.2 Å². The largest absolute Gasteiger partial charge is 0.435 e. The maximum Gasteiger partial charge on any atom is 0.217 e. The lowest BCUT2D eigenvalue weighted by Gasteiger charge is -2.14. The van der Waals surface area contributed by atoms with Crippen molar-refractivity contribution in [2.75, 3.05) is 5.32 Å². The fourth-order valence-corrected chi connectivity index (χ4v) is 4.16. The molecule has 0 radical (unpaired) electrons. The van der Waals surface area contributed by atoms with Crippen LogP contribution in [0.15, 0.2) is 58.8 Å². The van der Waals surface area contributed by atoms with E-state index in [4.69, 9.17) is 4.74 Å². The van der Waals surface area contributed by atoms with E-state index in [0.717, 1.165) is 9.92 Å². The Morgan fingerprint density at radius 2 is 2.09 bits per heavy atom. The predicted octanol–water partition coefficient (Wildman–Crippen LogP) is 4.55. The van der Waals surface area contributed by atoms with Crippen LogP contribution in [0.2, 0.25) is 0 Å². The highest BCUT2D eigenvalue weighted by atomic mass is 32.2. The molecule has 0 saturated heterocycles. The lowest BCUT2D eigenvalue weighted by molar-refractivity contribution is 0.0791. The van der Waals surface area contributed by atoms with Crippen LogP contribution >= 0.6 is 23.3 Å². The second kappa shape index (κ2) is 9.63. The van der Waals surface area contributed by atoms with E-state index < -0.39 is 5.60 Å². The lowest BCUT2D eigenvalue weighted by atomic mass is 10.1. The number of rotatable bonds is 9. The molecular weight excluding hydrogens is 446 g/mol. The van der Waals surface area contributed by atoms with Gasteiger partial charge in [-0.25, -0.2) is 19.6 Å². The van der Waals surface area contributed by atoms with E-state index in [-0.39, 0.29) is 0 Å². The van der Waals surface area contributed by atoms with Crippen LogP contribution < -0.4 is 10.1 Å². The number of aromatic nitrogens is 6. The highest BCUT2D eigenvalue weighted by Gasteiger charge is 2.18. The Labute approximate surface area is 194 Å². The third kappa shape index (κ3) is 5.81. The molecule has 166 valence electrons. The van der Waals surface area contributed by atoms with Crippen molar-refractivity contribution in [1.82, 2.24) is 29.1 Å². The van der Waals surface area contributed by atoms with Gasteiger partial charge in [0.15, 0.2) is 11.6 Å². The molecule has 11 heteroatoms. The number of pyridine rings is 2. The van der Waals surface area contributed by atoms with Crippen molar-refractivity contribution in [3.8, 4) is 11.6 Å². The summed E-state index contributed by atoms with van der Waals surface area (Å²) in [5.74, 6) is 2.21. The van der Waals surface area contributed by atoms with Crippen molar-refractivity contribution >= 4 is 34.2 Å². The quantitative estimate of drug-likeness (QED) is 0.365. The smallest absolute Gasteiger partial charge is 0.217 e. The molecule has 0 spiro atoms. The number of hydrogen-bond acceptors (Lipinski definition) is 10. The third-order valence-corrected chi connectivity index (χ3v) is 5.74. The van der Waals surface area contributed by atoms with E-state index >= 15 is 0 Å². The molecule has 9 nitrogen and oxygen atoms in total. The molecule has 0 unspecified atom stereocenters. The van der Waals surface area contributed by atoms with Crippen molar-refractivity contribution in [3.05, 3.63) is 54.7 Å². The molecule has 0 fully saturated rings. The Morgan fingerprint density at radius 3 is 2.84 bits per heavy atom. The molecule has 2 N–H and O–H groups in total. The lowest BCUT2D eigenvalue weighted by Crippen LogP contribution is -2.22. The second-order valence-corrected chi connectivity index (χ2v) is 9.35. The van der Waals surface area contributed by atoms with Gasteiger partial charge in [0.25, 0.3) is 0 Å². The maximum atomic E-state index is 10.0. The number of ether oxygens (including phenoxy) is 1. The number of aryl methyl sites for hydroxylation is 1. The standard InChI is InChI=1S/C21H23N7O2S2/c1-4-28-18(8-10-24-28)30-15-11-14(31-17-7-5-6-9-22-17)13-23-19(15)26-20-25-16(27-32-20)12-21(2,3)29/h5-11,13,29H,4,12H2,1-3H3,(H,23,25,26,27). The Morgan fingerprint density at radius 1 is 1.22 bits per heavy atom. The Balaban J connectivity index is 1.61. The minimum Gasteiger partial charge on any atom is -0.435 e. The predicted molar refractivity (Wildman–Crippen MR) is 124 cm³/mol. The molecule has 4 rings (SSSR count). The minimum absolute atomic E-state index is 0.358. The van der Waals surface area contributed by atoms with Crippen LogP contribution in [0.4, 0.5) is 10.9 Å². The first-order valence-corrected chi connectivity index (χ1v) is 11.6. The van der Waals surface area contributed by atoms with E-state index in [0.29, 0.717) is 41.4 Å². The highest BCUT2D eigenvalue weighted by molar-refractivity contribution is 7.99. The SMILES string of the molecule is CCn1nccc1Oc1cc(Sc2ccccn2)cnc1Nc1nc(CC(C)(C)O)ns1. The van der Waals surface area contributed by atoms with E-state index in [1.54, 1.807) is 43.2 Å². The van der Waals surface area contributed by atoms with E-state index in [1.165, 1.54) is 23.3 Å². The fraction of sp³-hybridized carbons (Fsp3) is 0.286. The molecule has 0 aromatic carbocycles. The molecule has 4 aromatic rings. The zero-order chi connectivity index (χ0) is 22.6. The minimum atomic E-state index is -0.881. The first-order chi connectivity index (χ1) is 15.4. The van der Waals surface area contributed by atoms with Crippen LogP contribution in [0.1, 0.15) is 26.6 Å². The van der Waals surface area contributed by atoms with Crippen molar-refractivity contribution in [1.29, 1.82) is 0 Å². The van der Waals surface area contributed by atoms with Crippen molar-refractivity contribution in [2.45, 2.75) is 49.3 Å². The van der Waals surface area contributed by atoms with Gasteiger partial charge in [-0.2, -0.15) is 9.47 Å². The summed E-state index contributed by atoms with van der Waals surface area (Å²) in [6, 6.07) is 9.47. The number of hydrogen-bond donors (Lipinski definition) is 2. The van der Waals surface area contributed by atoms with Gasteiger partial charge in [-0.3, -0.25) is 0 Å². The van der Waals surface area contributed by atoms with Gasteiger partial charge < -0.3 is 15.2 Å². The van der Waals surface area contributed by atoms with Crippen LogP contribution in [0.3, 0.4) is 0 Å². The number of nitrogens with one attached hydrogen (secondary N) is 1. The fourth-order valence-electron chi connectivity index (χ4n) is 2.80. The molecule has 32 heavy (non-hydrogen) atoms. The number of aliphatic hydroxyl groups is 1. The third-order valence-electron chi connectivity index (χ3n) is 4.16. The van der Waals surface area contributed by atoms with Crippen molar-refractivity contribution < 1.29 is 9.84 Å². The van der Waals surface area contributed by atoms with Gasteiger partial charge >= 0.3 is 0 Å². The van der Waals surface area contributed by atoms with Gasteiger partial charge in [0.05, 0.1) is 11.8 Å². The van der Waals surface area contributed by atoms with Crippen molar-refractivity contribution in [2.24, 2.45) is 0 Å². The molecule has 0 bridgehead atoms. The van der Waals surface area contributed by atoms with E-state index in [2.05, 4.69) is 29.7 Å². The van der Waals surface area contributed by atoms with E-state index in [9.17, 15) is 5.11 Å². The van der Waals surface area contributed by atoms with Crippen LogP contribution in [0.5, 0.6) is 11.6 Å². The zero-order valence-corrected chi connectivity index (χ0v) is 19.5. The molecule has 0 aliphatic rings. The molecule has 0 aliphatic carbocycles. The summed E-state index contributed by atoms with van der Waals surface area (Å²) in [4.78, 5) is 14.3. The Hall–Kier alpha value is -3.02. The van der Waals surface area contributed by atoms with Gasteiger partial charge in [0.2, 0.25) is 11.0 Å². The van der Waals surface area contributed by atoms with Gasteiger partial charge in [0.1, 0.15) is 10.9 Å². The molecule has 4 heterocycles. The van der Waals surface area contributed by atoms with Crippen LogP contribution in [-0.2, 0) is 13.0 Å². The monoisotopic (exact) mass is 469 g/mol. The summed E-state index contributed by atoms with van der Waals surface area (Å²) < 4.78 is 12.2. The van der Waals surface area contributed by atoms with Gasteiger partial charge in [-0.15, -0.1) is 0 Å². The second-order valence-electron chi connectivity index (χ2n) is 7.51. The summed E-state index contributed by atoms with van der Waals surface area (Å²) in [7, 11) is 0. The number of nitrogens with zero attached hydrogens (tertiary/aromatic N) is 6. The summed E-state index contributed by atoms with van der Waals surface area (Å²) in [5, 5.41) is 18.9. The van der Waals surface area contributed by atoms with Crippen molar-refractivity contribution in [3.63, 3.8) is 0 Å². The van der Waals surface area contributed by atoms with Gasteiger partial charge in [-0.05, 0) is 32.9 Å².